The average Bonchev–Trinajstić information content (AvgIpc) is 2.77. The van der Waals surface area contributed by atoms with Crippen molar-refractivity contribution in [2.24, 2.45) is 0 Å². The smallest absolute Gasteiger partial charge is 0.341 e. The lowest BCUT2D eigenvalue weighted by molar-refractivity contribution is -0.141. The highest BCUT2D eigenvalue weighted by Crippen LogP contribution is 2.28. The van der Waals surface area contributed by atoms with Crippen LogP contribution in [0.15, 0.2) is 65.5 Å². The van der Waals surface area contributed by atoms with Gasteiger partial charge < -0.3 is 15.6 Å². The molecule has 160 valence electrons. The van der Waals surface area contributed by atoms with Crippen LogP contribution in [0.5, 0.6) is 0 Å². The van der Waals surface area contributed by atoms with Crippen LogP contribution < -0.4 is 16.2 Å². The minimum atomic E-state index is -4.70. The number of aromatic nitrogens is 1. The molecule has 4 rings (SSSR count). The van der Waals surface area contributed by atoms with E-state index in [1.165, 1.54) is 11.1 Å². The first kappa shape index (κ1) is 20.9. The number of hydrogen-bond acceptors (Lipinski definition) is 3. The Labute approximate surface area is 176 Å². The first-order chi connectivity index (χ1) is 14.8. The van der Waals surface area contributed by atoms with Crippen molar-refractivity contribution >= 4 is 5.91 Å². The van der Waals surface area contributed by atoms with Crippen LogP contribution in [0.2, 0.25) is 0 Å². The van der Waals surface area contributed by atoms with Gasteiger partial charge in [0.15, 0.2) is 0 Å². The topological polar surface area (TPSA) is 74.0 Å². The fraction of sp³-hybridized carbons (Fsp3) is 0.217. The lowest BCUT2D eigenvalue weighted by Gasteiger charge is -2.23. The number of carbonyl (C=O) groups is 1. The van der Waals surface area contributed by atoms with Crippen molar-refractivity contribution in [1.82, 2.24) is 15.6 Å². The third-order valence-electron chi connectivity index (χ3n) is 5.32. The van der Waals surface area contributed by atoms with E-state index in [4.69, 9.17) is 0 Å². The van der Waals surface area contributed by atoms with E-state index in [9.17, 15) is 22.8 Å². The standard InChI is InChI=1S/C23H20F3N3O2/c24-23(25,26)19-9-8-18(21(30)28-19)22(31)29-20(14-4-2-1-3-5-14)16-6-7-17-13-27-11-10-15(17)12-16/h1-9,12,20,27H,10-11,13H2,(H,28,30)(H,29,31). The number of pyridine rings is 1. The number of amides is 1. The lowest BCUT2D eigenvalue weighted by Crippen LogP contribution is -2.34. The number of aromatic amines is 1. The summed E-state index contributed by atoms with van der Waals surface area (Å²) in [6.45, 7) is 1.64. The molecule has 2 heterocycles. The van der Waals surface area contributed by atoms with Crippen LogP contribution in [0.1, 0.15) is 44.3 Å². The fourth-order valence-electron chi connectivity index (χ4n) is 3.71. The zero-order chi connectivity index (χ0) is 22.0. The Morgan fingerprint density at radius 1 is 0.968 bits per heavy atom. The van der Waals surface area contributed by atoms with Crippen LogP contribution in [-0.4, -0.2) is 17.4 Å². The van der Waals surface area contributed by atoms with Gasteiger partial charge in [0.25, 0.3) is 11.5 Å². The van der Waals surface area contributed by atoms with Crippen LogP contribution in [0.25, 0.3) is 0 Å². The maximum atomic E-state index is 12.8. The van der Waals surface area contributed by atoms with Crippen molar-refractivity contribution < 1.29 is 18.0 Å². The molecule has 8 heteroatoms. The molecule has 0 radical (unpaired) electrons. The van der Waals surface area contributed by atoms with E-state index < -0.39 is 29.4 Å². The summed E-state index contributed by atoms with van der Waals surface area (Å²) in [7, 11) is 0. The van der Waals surface area contributed by atoms with Gasteiger partial charge in [0, 0.05) is 6.54 Å². The van der Waals surface area contributed by atoms with E-state index in [1.807, 2.05) is 48.5 Å². The number of nitrogens with one attached hydrogen (secondary N) is 3. The molecule has 3 aromatic rings. The number of H-pyrrole nitrogens is 1. The molecule has 31 heavy (non-hydrogen) atoms. The molecular formula is C23H20F3N3O2. The number of alkyl halides is 3. The molecule has 0 aliphatic carbocycles. The van der Waals surface area contributed by atoms with E-state index in [2.05, 4.69) is 10.6 Å². The molecule has 1 aliphatic rings. The number of hydrogen-bond donors (Lipinski definition) is 3. The van der Waals surface area contributed by atoms with Crippen LogP contribution in [0.4, 0.5) is 13.2 Å². The van der Waals surface area contributed by atoms with Gasteiger partial charge in [0.1, 0.15) is 11.3 Å². The third-order valence-corrected chi connectivity index (χ3v) is 5.32. The Morgan fingerprint density at radius 2 is 1.74 bits per heavy atom. The van der Waals surface area contributed by atoms with Crippen molar-refractivity contribution in [2.75, 3.05) is 6.54 Å². The molecule has 1 unspecified atom stereocenters. The molecule has 1 atom stereocenters. The Kier molecular flexibility index (Phi) is 5.65. The number of halogens is 3. The SMILES string of the molecule is O=C(NC(c1ccccc1)c1ccc2c(c1)CCNC2)c1ccc(C(F)(F)F)[nH]c1=O. The minimum Gasteiger partial charge on any atom is -0.341 e. The van der Waals surface area contributed by atoms with Gasteiger partial charge >= 0.3 is 6.18 Å². The van der Waals surface area contributed by atoms with Crippen molar-refractivity contribution in [1.29, 1.82) is 0 Å². The first-order valence-electron chi connectivity index (χ1n) is 9.81. The van der Waals surface area contributed by atoms with Crippen LogP contribution >= 0.6 is 0 Å². The number of benzene rings is 2. The summed E-state index contributed by atoms with van der Waals surface area (Å²) in [5.41, 5.74) is 1.34. The van der Waals surface area contributed by atoms with Gasteiger partial charge in [-0.1, -0.05) is 48.5 Å². The number of fused-ring (bicyclic) bond motifs is 1. The normalized spacial score (nSPS) is 14.5. The van der Waals surface area contributed by atoms with Crippen molar-refractivity contribution in [3.63, 3.8) is 0 Å². The minimum absolute atomic E-state index is 0.379. The Morgan fingerprint density at radius 3 is 2.45 bits per heavy atom. The molecule has 1 amide bonds. The zero-order valence-corrected chi connectivity index (χ0v) is 16.4. The fourth-order valence-corrected chi connectivity index (χ4v) is 3.71. The van der Waals surface area contributed by atoms with E-state index in [0.29, 0.717) is 6.07 Å². The Bertz CT molecular complexity index is 1160. The number of carbonyl (C=O) groups excluding carboxylic acids is 1. The lowest BCUT2D eigenvalue weighted by atomic mass is 9.92. The first-order valence-corrected chi connectivity index (χ1v) is 9.81. The summed E-state index contributed by atoms with van der Waals surface area (Å²) >= 11 is 0. The van der Waals surface area contributed by atoms with Crippen molar-refractivity contribution in [3.8, 4) is 0 Å². The van der Waals surface area contributed by atoms with Crippen LogP contribution in [0.3, 0.4) is 0 Å². The average molecular weight is 427 g/mol. The summed E-state index contributed by atoms with van der Waals surface area (Å²) in [5, 5.41) is 6.12. The second-order valence-electron chi connectivity index (χ2n) is 7.38. The third kappa shape index (κ3) is 4.54. The van der Waals surface area contributed by atoms with E-state index in [1.54, 1.807) is 4.98 Å². The highest BCUT2D eigenvalue weighted by molar-refractivity contribution is 5.94. The maximum absolute atomic E-state index is 12.8. The monoisotopic (exact) mass is 427 g/mol. The van der Waals surface area contributed by atoms with Crippen molar-refractivity contribution in [3.05, 3.63) is 105 Å². The second-order valence-corrected chi connectivity index (χ2v) is 7.38. The zero-order valence-electron chi connectivity index (χ0n) is 16.4. The van der Waals surface area contributed by atoms with Gasteiger partial charge in [-0.15, -0.1) is 0 Å². The molecule has 0 saturated carbocycles. The van der Waals surface area contributed by atoms with E-state index >= 15 is 0 Å². The Balaban J connectivity index is 1.68. The molecule has 2 aromatic carbocycles. The summed E-state index contributed by atoms with van der Waals surface area (Å²) in [6.07, 6.45) is -3.84. The molecule has 1 aliphatic heterocycles. The molecule has 0 saturated heterocycles. The Hall–Kier alpha value is -3.39. The molecule has 3 N–H and O–H groups in total. The highest BCUT2D eigenvalue weighted by atomic mass is 19.4. The quantitative estimate of drug-likeness (QED) is 0.596. The van der Waals surface area contributed by atoms with Crippen LogP contribution in [0, 0.1) is 0 Å². The maximum Gasteiger partial charge on any atom is 0.431 e. The largest absolute Gasteiger partial charge is 0.431 e. The van der Waals surface area contributed by atoms with Gasteiger partial charge in [-0.05, 0) is 47.4 Å². The van der Waals surface area contributed by atoms with E-state index in [-0.39, 0.29) is 5.56 Å². The molecule has 0 fully saturated rings. The van der Waals surface area contributed by atoms with Crippen molar-refractivity contribution in [2.45, 2.75) is 25.2 Å². The van der Waals surface area contributed by atoms with Gasteiger partial charge in [-0.3, -0.25) is 9.59 Å². The molecule has 0 bridgehead atoms. The van der Waals surface area contributed by atoms with Gasteiger partial charge in [-0.25, -0.2) is 0 Å². The predicted molar refractivity (Wildman–Crippen MR) is 110 cm³/mol. The summed E-state index contributed by atoms with van der Waals surface area (Å²) in [6, 6.07) is 16.2. The second kappa shape index (κ2) is 8.39. The number of rotatable bonds is 4. The predicted octanol–water partition coefficient (Wildman–Crippen LogP) is 3.56. The van der Waals surface area contributed by atoms with E-state index in [0.717, 1.165) is 36.7 Å². The summed E-state index contributed by atoms with van der Waals surface area (Å²) in [4.78, 5) is 26.7. The molecular weight excluding hydrogens is 407 g/mol. The van der Waals surface area contributed by atoms with Gasteiger partial charge in [-0.2, -0.15) is 13.2 Å². The molecule has 1 aromatic heterocycles. The highest BCUT2D eigenvalue weighted by Gasteiger charge is 2.32. The van der Waals surface area contributed by atoms with Crippen LogP contribution in [-0.2, 0) is 19.1 Å². The summed E-state index contributed by atoms with van der Waals surface area (Å²) in [5.74, 6) is -0.747. The molecule has 5 nitrogen and oxygen atoms in total. The summed E-state index contributed by atoms with van der Waals surface area (Å²) < 4.78 is 38.4. The van der Waals surface area contributed by atoms with Gasteiger partial charge in [0.05, 0.1) is 6.04 Å². The van der Waals surface area contributed by atoms with Gasteiger partial charge in [0.2, 0.25) is 0 Å². The molecule has 0 spiro atoms.